The lowest BCUT2D eigenvalue weighted by atomic mass is 9.77. The molecule has 1 aromatic rings. The average Bonchev–Trinajstić information content (AvgIpc) is 2.78. The van der Waals surface area contributed by atoms with Gasteiger partial charge >= 0.3 is 0 Å². The second kappa shape index (κ2) is 9.49. The molecule has 0 bridgehead atoms. The molecule has 0 spiro atoms. The number of hydrogen-bond acceptors (Lipinski definition) is 4. The SMILES string of the molecule is N#Cc1ccc2c(c1)CCN(C(=O)CNCC1(O)CCCCC1)C2C1CCCCC1. The van der Waals surface area contributed by atoms with Crippen LogP contribution >= 0.6 is 0 Å². The Balaban J connectivity index is 1.47. The summed E-state index contributed by atoms with van der Waals surface area (Å²) in [5, 5.41) is 23.3. The summed E-state index contributed by atoms with van der Waals surface area (Å²) in [7, 11) is 0. The van der Waals surface area contributed by atoms with Crippen LogP contribution in [0, 0.1) is 17.2 Å². The van der Waals surface area contributed by atoms with Crippen LogP contribution in [0.1, 0.15) is 86.9 Å². The van der Waals surface area contributed by atoms with Crippen molar-refractivity contribution in [2.75, 3.05) is 19.6 Å². The Bertz CT molecular complexity index is 788. The third kappa shape index (κ3) is 4.71. The number of amides is 1. The number of nitrogens with zero attached hydrogens (tertiary/aromatic N) is 2. The molecule has 1 aromatic carbocycles. The first-order valence-corrected chi connectivity index (χ1v) is 11.9. The number of rotatable bonds is 5. The van der Waals surface area contributed by atoms with Crippen molar-refractivity contribution in [2.24, 2.45) is 5.92 Å². The molecule has 1 unspecified atom stereocenters. The normalized spacial score (nSPS) is 24.1. The highest BCUT2D eigenvalue weighted by Gasteiger charge is 2.37. The van der Waals surface area contributed by atoms with Crippen LogP contribution < -0.4 is 5.32 Å². The second-order valence-electron chi connectivity index (χ2n) is 9.59. The van der Waals surface area contributed by atoms with Crippen molar-refractivity contribution < 1.29 is 9.90 Å². The van der Waals surface area contributed by atoms with Crippen LogP contribution in [0.4, 0.5) is 0 Å². The molecule has 0 saturated heterocycles. The maximum Gasteiger partial charge on any atom is 0.237 e. The van der Waals surface area contributed by atoms with Crippen molar-refractivity contribution in [3.63, 3.8) is 0 Å². The van der Waals surface area contributed by atoms with E-state index in [4.69, 9.17) is 0 Å². The highest BCUT2D eigenvalue weighted by molar-refractivity contribution is 5.79. The van der Waals surface area contributed by atoms with Gasteiger partial charge in [-0.3, -0.25) is 4.79 Å². The standard InChI is InChI=1S/C25H35N3O2/c26-16-19-9-10-22-21(15-19)11-14-28(24(22)20-7-3-1-4-8-20)23(29)17-27-18-25(30)12-5-2-6-13-25/h9-10,15,20,24,27,30H,1-8,11-14,17-18H2. The Morgan fingerprint density at radius 3 is 2.63 bits per heavy atom. The quantitative estimate of drug-likeness (QED) is 0.774. The summed E-state index contributed by atoms with van der Waals surface area (Å²) in [6.45, 7) is 1.51. The number of benzene rings is 1. The smallest absolute Gasteiger partial charge is 0.237 e. The first-order chi connectivity index (χ1) is 14.6. The van der Waals surface area contributed by atoms with Crippen molar-refractivity contribution >= 4 is 5.91 Å². The molecule has 162 valence electrons. The second-order valence-corrected chi connectivity index (χ2v) is 9.59. The number of nitrogens with one attached hydrogen (secondary N) is 1. The van der Waals surface area contributed by atoms with E-state index in [-0.39, 0.29) is 18.5 Å². The lowest BCUT2D eigenvalue weighted by molar-refractivity contribution is -0.135. The van der Waals surface area contributed by atoms with Crippen LogP contribution in [-0.4, -0.2) is 41.1 Å². The van der Waals surface area contributed by atoms with Gasteiger partial charge in [-0.2, -0.15) is 5.26 Å². The Labute approximate surface area is 180 Å². The van der Waals surface area contributed by atoms with Crippen LogP contribution in [0.25, 0.3) is 0 Å². The van der Waals surface area contributed by atoms with Crippen molar-refractivity contribution in [1.29, 1.82) is 5.26 Å². The first kappa shape index (κ1) is 21.3. The van der Waals surface area contributed by atoms with Crippen molar-refractivity contribution in [3.8, 4) is 6.07 Å². The van der Waals surface area contributed by atoms with E-state index >= 15 is 0 Å². The van der Waals surface area contributed by atoms with Crippen LogP contribution in [0.2, 0.25) is 0 Å². The van der Waals surface area contributed by atoms with E-state index in [2.05, 4.69) is 22.4 Å². The molecule has 5 heteroatoms. The zero-order chi connectivity index (χ0) is 21.0. The molecule has 1 aliphatic heterocycles. The van der Waals surface area contributed by atoms with Crippen LogP contribution in [0.5, 0.6) is 0 Å². The fourth-order valence-electron chi connectivity index (χ4n) is 5.86. The van der Waals surface area contributed by atoms with E-state index in [9.17, 15) is 15.2 Å². The van der Waals surface area contributed by atoms with Gasteiger partial charge in [-0.05, 0) is 61.3 Å². The molecule has 3 aliphatic rings. The Morgan fingerprint density at radius 2 is 1.90 bits per heavy atom. The monoisotopic (exact) mass is 409 g/mol. The van der Waals surface area contributed by atoms with E-state index in [1.54, 1.807) is 0 Å². The highest BCUT2D eigenvalue weighted by atomic mass is 16.3. The first-order valence-electron chi connectivity index (χ1n) is 11.9. The fourth-order valence-corrected chi connectivity index (χ4v) is 5.86. The summed E-state index contributed by atoms with van der Waals surface area (Å²) < 4.78 is 0. The average molecular weight is 410 g/mol. The molecule has 1 amide bonds. The molecular formula is C25H35N3O2. The predicted octanol–water partition coefficient (Wildman–Crippen LogP) is 3.85. The van der Waals surface area contributed by atoms with Crippen LogP contribution in [0.3, 0.4) is 0 Å². The zero-order valence-electron chi connectivity index (χ0n) is 18.0. The van der Waals surface area contributed by atoms with Gasteiger partial charge in [-0.15, -0.1) is 0 Å². The predicted molar refractivity (Wildman–Crippen MR) is 117 cm³/mol. The number of carbonyl (C=O) groups excluding carboxylic acids is 1. The minimum Gasteiger partial charge on any atom is -0.389 e. The highest BCUT2D eigenvalue weighted by Crippen LogP contribution is 2.42. The molecule has 2 fully saturated rings. The Hall–Kier alpha value is -1.90. The van der Waals surface area contributed by atoms with Gasteiger partial charge in [0.25, 0.3) is 0 Å². The molecule has 2 saturated carbocycles. The van der Waals surface area contributed by atoms with E-state index < -0.39 is 5.60 Å². The maximum atomic E-state index is 13.3. The molecule has 2 aliphatic carbocycles. The van der Waals surface area contributed by atoms with Gasteiger partial charge in [0.2, 0.25) is 5.91 Å². The Kier molecular flexibility index (Phi) is 6.75. The molecule has 1 heterocycles. The fraction of sp³-hybridized carbons (Fsp3) is 0.680. The summed E-state index contributed by atoms with van der Waals surface area (Å²) in [4.78, 5) is 15.3. The van der Waals surface area contributed by atoms with E-state index in [0.29, 0.717) is 24.6 Å². The third-order valence-electron chi connectivity index (χ3n) is 7.48. The molecule has 0 aromatic heterocycles. The largest absolute Gasteiger partial charge is 0.389 e. The summed E-state index contributed by atoms with van der Waals surface area (Å²) in [5.74, 6) is 0.636. The molecule has 1 atom stereocenters. The molecule has 5 nitrogen and oxygen atoms in total. The summed E-state index contributed by atoms with van der Waals surface area (Å²) >= 11 is 0. The van der Waals surface area contributed by atoms with Crippen molar-refractivity contribution in [1.82, 2.24) is 10.2 Å². The lowest BCUT2D eigenvalue weighted by Gasteiger charge is -2.43. The van der Waals surface area contributed by atoms with Gasteiger partial charge in [0.15, 0.2) is 0 Å². The third-order valence-corrected chi connectivity index (χ3v) is 7.48. The van der Waals surface area contributed by atoms with Crippen LogP contribution in [0.15, 0.2) is 18.2 Å². The van der Waals surface area contributed by atoms with E-state index in [0.717, 1.165) is 32.1 Å². The van der Waals surface area contributed by atoms with Gasteiger partial charge in [0.05, 0.1) is 29.8 Å². The van der Waals surface area contributed by atoms with E-state index in [1.807, 2.05) is 12.1 Å². The molecule has 4 rings (SSSR count). The zero-order valence-corrected chi connectivity index (χ0v) is 18.0. The van der Waals surface area contributed by atoms with Crippen molar-refractivity contribution in [2.45, 2.75) is 82.3 Å². The molecule has 0 radical (unpaired) electrons. The summed E-state index contributed by atoms with van der Waals surface area (Å²) in [6, 6.07) is 8.38. The minimum atomic E-state index is -0.649. The number of carbonyl (C=O) groups is 1. The van der Waals surface area contributed by atoms with Gasteiger partial charge in [-0.1, -0.05) is 44.6 Å². The molecule has 30 heavy (non-hydrogen) atoms. The van der Waals surface area contributed by atoms with Gasteiger partial charge in [0, 0.05) is 13.1 Å². The van der Waals surface area contributed by atoms with Gasteiger partial charge < -0.3 is 15.3 Å². The van der Waals surface area contributed by atoms with E-state index in [1.165, 1.54) is 49.7 Å². The summed E-state index contributed by atoms with van der Waals surface area (Å²) in [5.41, 5.74) is 2.53. The summed E-state index contributed by atoms with van der Waals surface area (Å²) in [6.07, 6.45) is 11.9. The Morgan fingerprint density at radius 1 is 1.17 bits per heavy atom. The van der Waals surface area contributed by atoms with Crippen molar-refractivity contribution in [3.05, 3.63) is 34.9 Å². The minimum absolute atomic E-state index is 0.119. The number of nitriles is 1. The maximum absolute atomic E-state index is 13.3. The topological polar surface area (TPSA) is 76.4 Å². The molecule has 2 N–H and O–H groups in total. The van der Waals surface area contributed by atoms with Crippen LogP contribution in [-0.2, 0) is 11.2 Å². The number of fused-ring (bicyclic) bond motifs is 1. The van der Waals surface area contributed by atoms with Gasteiger partial charge in [0.1, 0.15) is 0 Å². The van der Waals surface area contributed by atoms with Gasteiger partial charge in [-0.25, -0.2) is 0 Å². The number of hydrogen-bond donors (Lipinski definition) is 2. The lowest BCUT2D eigenvalue weighted by Crippen LogP contribution is -2.49. The molecular weight excluding hydrogens is 374 g/mol. The number of aliphatic hydroxyl groups is 1.